The minimum atomic E-state index is -4.83. The summed E-state index contributed by atoms with van der Waals surface area (Å²) in [4.78, 5) is 26.1. The number of ether oxygens (including phenoxy) is 1. The van der Waals surface area contributed by atoms with Crippen LogP contribution in [0.1, 0.15) is 17.7 Å². The monoisotopic (exact) mass is 442 g/mol. The van der Waals surface area contributed by atoms with Gasteiger partial charge >= 0.3 is 6.36 Å². The summed E-state index contributed by atoms with van der Waals surface area (Å²) >= 11 is 6.11. The molecule has 0 aliphatic carbocycles. The average Bonchev–Trinajstić information content (AvgIpc) is 3.12. The Labute approximate surface area is 175 Å². The minimum absolute atomic E-state index is 0.247. The van der Waals surface area contributed by atoms with Crippen LogP contribution in [0.15, 0.2) is 30.3 Å². The number of hydrogen-bond donors (Lipinski definition) is 1. The summed E-state index contributed by atoms with van der Waals surface area (Å²) in [7, 11) is 1.67. The SMILES string of the molecule is Cc1nn(C)c(Cl)c1/C=C/C(=O)NC1CCN(c2cccc(OC(F)(F)F)c2)C1=O. The van der Waals surface area contributed by atoms with Crippen LogP contribution in [-0.2, 0) is 16.6 Å². The molecule has 3 rings (SSSR count). The van der Waals surface area contributed by atoms with Gasteiger partial charge in [-0.05, 0) is 31.6 Å². The molecule has 1 aliphatic heterocycles. The Bertz CT molecular complexity index is 1000. The van der Waals surface area contributed by atoms with E-state index in [1.807, 2.05) is 0 Å². The normalized spacial score (nSPS) is 17.1. The molecule has 1 aromatic carbocycles. The summed E-state index contributed by atoms with van der Waals surface area (Å²) in [5.41, 5.74) is 1.50. The number of alkyl halides is 3. The fourth-order valence-electron chi connectivity index (χ4n) is 3.13. The van der Waals surface area contributed by atoms with Gasteiger partial charge in [-0.25, -0.2) is 0 Å². The number of anilines is 1. The highest BCUT2D eigenvalue weighted by atomic mass is 35.5. The molecular formula is C19H18ClF3N4O3. The smallest absolute Gasteiger partial charge is 0.406 e. The predicted octanol–water partition coefficient (Wildman–Crippen LogP) is 3.22. The van der Waals surface area contributed by atoms with Crippen LogP contribution in [0.25, 0.3) is 6.08 Å². The molecule has 1 N–H and O–H groups in total. The summed E-state index contributed by atoms with van der Waals surface area (Å²) in [5.74, 6) is -1.34. The van der Waals surface area contributed by atoms with Gasteiger partial charge in [0.15, 0.2) is 0 Å². The van der Waals surface area contributed by atoms with E-state index in [0.29, 0.717) is 22.8 Å². The van der Waals surface area contributed by atoms with Crippen LogP contribution in [0.5, 0.6) is 5.75 Å². The quantitative estimate of drug-likeness (QED) is 0.721. The Balaban J connectivity index is 1.65. The Morgan fingerprint density at radius 3 is 2.77 bits per heavy atom. The number of hydrogen-bond acceptors (Lipinski definition) is 4. The van der Waals surface area contributed by atoms with E-state index in [1.165, 1.54) is 33.9 Å². The van der Waals surface area contributed by atoms with Gasteiger partial charge in [-0.15, -0.1) is 13.2 Å². The lowest BCUT2D eigenvalue weighted by molar-refractivity contribution is -0.274. The van der Waals surface area contributed by atoms with Gasteiger partial charge in [0.05, 0.1) is 5.69 Å². The van der Waals surface area contributed by atoms with Crippen molar-refractivity contribution >= 4 is 35.2 Å². The van der Waals surface area contributed by atoms with E-state index < -0.39 is 30.0 Å². The number of amides is 2. The molecule has 0 saturated carbocycles. The second kappa shape index (κ2) is 8.39. The molecule has 1 fully saturated rings. The van der Waals surface area contributed by atoms with E-state index in [2.05, 4.69) is 15.2 Å². The molecule has 1 saturated heterocycles. The van der Waals surface area contributed by atoms with E-state index in [-0.39, 0.29) is 12.2 Å². The number of rotatable bonds is 5. The Kier molecular flexibility index (Phi) is 6.06. The Hall–Kier alpha value is -3.01. The standard InChI is InChI=1S/C19H18ClF3N4O3/c1-11-14(17(20)26(2)25-11)6-7-16(28)24-15-8-9-27(18(15)29)12-4-3-5-13(10-12)30-19(21,22)23/h3-7,10,15H,8-9H2,1-2H3,(H,24,28)/b7-6+. The third-order valence-electron chi connectivity index (χ3n) is 4.48. The highest BCUT2D eigenvalue weighted by Crippen LogP contribution is 2.29. The maximum atomic E-state index is 12.6. The van der Waals surface area contributed by atoms with Crippen LogP contribution in [-0.4, -0.2) is 40.5 Å². The first kappa shape index (κ1) is 21.7. The molecule has 1 aliphatic rings. The molecule has 2 amide bonds. The van der Waals surface area contributed by atoms with Crippen molar-refractivity contribution < 1.29 is 27.5 Å². The molecular weight excluding hydrogens is 425 g/mol. The summed E-state index contributed by atoms with van der Waals surface area (Å²) in [5, 5.41) is 7.11. The number of nitrogens with one attached hydrogen (secondary N) is 1. The van der Waals surface area contributed by atoms with Gasteiger partial charge in [-0.1, -0.05) is 17.7 Å². The van der Waals surface area contributed by atoms with E-state index in [1.54, 1.807) is 14.0 Å². The van der Waals surface area contributed by atoms with Crippen LogP contribution in [0, 0.1) is 6.92 Å². The molecule has 0 bridgehead atoms. The number of carbonyl (C=O) groups is 2. The highest BCUT2D eigenvalue weighted by molar-refractivity contribution is 6.31. The first-order valence-electron chi connectivity index (χ1n) is 8.90. The fraction of sp³-hybridized carbons (Fsp3) is 0.316. The summed E-state index contributed by atoms with van der Waals surface area (Å²) in [6.07, 6.45) is -1.75. The van der Waals surface area contributed by atoms with Crippen LogP contribution in [0.2, 0.25) is 5.15 Å². The second-order valence-electron chi connectivity index (χ2n) is 6.63. The molecule has 0 radical (unpaired) electrons. The van der Waals surface area contributed by atoms with Crippen LogP contribution < -0.4 is 15.0 Å². The van der Waals surface area contributed by atoms with Crippen molar-refractivity contribution in [1.29, 1.82) is 0 Å². The summed E-state index contributed by atoms with van der Waals surface area (Å²) < 4.78 is 42.6. The summed E-state index contributed by atoms with van der Waals surface area (Å²) in [6, 6.07) is 4.34. The molecule has 1 atom stereocenters. The molecule has 2 aromatic rings. The second-order valence-corrected chi connectivity index (χ2v) is 6.99. The van der Waals surface area contributed by atoms with E-state index in [4.69, 9.17) is 11.6 Å². The number of nitrogens with zero attached hydrogens (tertiary/aromatic N) is 3. The van der Waals surface area contributed by atoms with Crippen molar-refractivity contribution in [3.63, 3.8) is 0 Å². The predicted molar refractivity (Wildman–Crippen MR) is 104 cm³/mol. The topological polar surface area (TPSA) is 76.5 Å². The minimum Gasteiger partial charge on any atom is -0.406 e. The third kappa shape index (κ3) is 4.93. The molecule has 11 heteroatoms. The van der Waals surface area contributed by atoms with Crippen LogP contribution in [0.3, 0.4) is 0 Å². The maximum Gasteiger partial charge on any atom is 0.573 e. The molecule has 0 spiro atoms. The molecule has 160 valence electrons. The summed E-state index contributed by atoms with van der Waals surface area (Å²) in [6.45, 7) is 1.99. The van der Waals surface area contributed by atoms with Gasteiger partial charge in [0.1, 0.15) is 16.9 Å². The lowest BCUT2D eigenvalue weighted by Crippen LogP contribution is -2.40. The lowest BCUT2D eigenvalue weighted by Gasteiger charge is -2.18. The number of halogens is 4. The maximum absolute atomic E-state index is 12.6. The van der Waals surface area contributed by atoms with Crippen molar-refractivity contribution in [2.75, 3.05) is 11.4 Å². The largest absolute Gasteiger partial charge is 0.573 e. The zero-order valence-electron chi connectivity index (χ0n) is 16.0. The van der Waals surface area contributed by atoms with Gasteiger partial charge in [-0.3, -0.25) is 14.3 Å². The van der Waals surface area contributed by atoms with Gasteiger partial charge < -0.3 is 15.0 Å². The molecule has 30 heavy (non-hydrogen) atoms. The van der Waals surface area contributed by atoms with Gasteiger partial charge in [-0.2, -0.15) is 5.10 Å². The Morgan fingerprint density at radius 2 is 2.13 bits per heavy atom. The molecule has 7 nitrogen and oxygen atoms in total. The lowest BCUT2D eigenvalue weighted by atomic mass is 10.2. The highest BCUT2D eigenvalue weighted by Gasteiger charge is 2.34. The Morgan fingerprint density at radius 1 is 1.40 bits per heavy atom. The van der Waals surface area contributed by atoms with Gasteiger partial charge in [0, 0.05) is 37.0 Å². The van der Waals surface area contributed by atoms with Crippen molar-refractivity contribution in [2.24, 2.45) is 7.05 Å². The van der Waals surface area contributed by atoms with Gasteiger partial charge in [0.2, 0.25) is 11.8 Å². The van der Waals surface area contributed by atoms with Crippen molar-refractivity contribution in [2.45, 2.75) is 25.7 Å². The zero-order chi connectivity index (χ0) is 22.1. The fourth-order valence-corrected chi connectivity index (χ4v) is 3.37. The number of carbonyl (C=O) groups excluding carboxylic acids is 2. The van der Waals surface area contributed by atoms with Crippen LogP contribution in [0.4, 0.5) is 18.9 Å². The van der Waals surface area contributed by atoms with E-state index >= 15 is 0 Å². The number of benzene rings is 1. The number of aromatic nitrogens is 2. The van der Waals surface area contributed by atoms with Gasteiger partial charge in [0.25, 0.3) is 0 Å². The van der Waals surface area contributed by atoms with Crippen LogP contribution >= 0.6 is 11.6 Å². The first-order valence-corrected chi connectivity index (χ1v) is 9.28. The van der Waals surface area contributed by atoms with E-state index in [0.717, 1.165) is 12.1 Å². The molecule has 1 unspecified atom stereocenters. The third-order valence-corrected chi connectivity index (χ3v) is 4.93. The average molecular weight is 443 g/mol. The van der Waals surface area contributed by atoms with Crippen molar-refractivity contribution in [3.05, 3.63) is 46.8 Å². The number of aryl methyl sites for hydroxylation is 2. The van der Waals surface area contributed by atoms with Crippen molar-refractivity contribution in [1.82, 2.24) is 15.1 Å². The first-order chi connectivity index (χ1) is 14.0. The van der Waals surface area contributed by atoms with Crippen molar-refractivity contribution in [3.8, 4) is 5.75 Å². The molecule has 1 aromatic heterocycles. The zero-order valence-corrected chi connectivity index (χ0v) is 16.8. The molecule has 2 heterocycles. The van der Waals surface area contributed by atoms with E-state index in [9.17, 15) is 22.8 Å².